The highest BCUT2D eigenvalue weighted by Crippen LogP contribution is 2.34. The first-order chi connectivity index (χ1) is 11.7. The van der Waals surface area contributed by atoms with Crippen LogP contribution in [0.5, 0.6) is 11.5 Å². The zero-order valence-corrected chi connectivity index (χ0v) is 14.8. The average molecular weight is 346 g/mol. The number of methoxy groups -OCH3 is 2. The lowest BCUT2D eigenvalue weighted by molar-refractivity contribution is -0.130. The van der Waals surface area contributed by atoms with Crippen LogP contribution in [0.2, 0.25) is 0 Å². The minimum Gasteiger partial charge on any atom is -0.497 e. The molecule has 3 rings (SSSR count). The Morgan fingerprint density at radius 2 is 2.21 bits per heavy atom. The fourth-order valence-electron chi connectivity index (χ4n) is 3.06. The largest absolute Gasteiger partial charge is 0.497 e. The van der Waals surface area contributed by atoms with E-state index in [1.165, 1.54) is 4.88 Å². The third-order valence-corrected chi connectivity index (χ3v) is 5.26. The monoisotopic (exact) mass is 346 g/mol. The van der Waals surface area contributed by atoms with E-state index in [-0.39, 0.29) is 18.5 Å². The number of hydrogen-bond acceptors (Lipinski definition) is 5. The van der Waals surface area contributed by atoms with E-state index in [2.05, 4.69) is 16.8 Å². The van der Waals surface area contributed by atoms with Crippen molar-refractivity contribution in [2.24, 2.45) is 0 Å². The first kappa shape index (κ1) is 16.6. The standard InChI is InChI=1S/C18H22N2O3S/c1-22-13-7-8-14(16(11-13)23-2)19-12-18(21)20-9-3-5-15(20)17-6-4-10-24-17/h4,6-8,10-11,15,19H,3,5,9,12H2,1-2H3. The summed E-state index contributed by atoms with van der Waals surface area (Å²) in [6.07, 6.45) is 2.10. The maximum atomic E-state index is 12.6. The van der Waals surface area contributed by atoms with Gasteiger partial charge in [-0.3, -0.25) is 4.79 Å². The van der Waals surface area contributed by atoms with Crippen molar-refractivity contribution < 1.29 is 14.3 Å². The third-order valence-electron chi connectivity index (χ3n) is 4.28. The van der Waals surface area contributed by atoms with Crippen molar-refractivity contribution in [1.82, 2.24) is 4.90 Å². The molecule has 0 aliphatic carbocycles. The van der Waals surface area contributed by atoms with Gasteiger partial charge in [0.2, 0.25) is 5.91 Å². The van der Waals surface area contributed by atoms with E-state index in [0.29, 0.717) is 5.75 Å². The lowest BCUT2D eigenvalue weighted by Gasteiger charge is -2.24. The molecule has 1 aliphatic rings. The van der Waals surface area contributed by atoms with E-state index in [1.807, 2.05) is 23.1 Å². The van der Waals surface area contributed by atoms with Crippen LogP contribution < -0.4 is 14.8 Å². The summed E-state index contributed by atoms with van der Waals surface area (Å²) in [5.41, 5.74) is 0.790. The van der Waals surface area contributed by atoms with Gasteiger partial charge >= 0.3 is 0 Å². The second-order valence-corrected chi connectivity index (χ2v) is 6.66. The van der Waals surface area contributed by atoms with Crippen LogP contribution in [0, 0.1) is 0 Å². The molecule has 0 bridgehead atoms. The Bertz CT molecular complexity index is 688. The number of ether oxygens (including phenoxy) is 2. The molecule has 128 valence electrons. The highest BCUT2D eigenvalue weighted by atomic mass is 32.1. The van der Waals surface area contributed by atoms with Crippen molar-refractivity contribution in [2.75, 3.05) is 32.6 Å². The highest BCUT2D eigenvalue weighted by molar-refractivity contribution is 7.10. The first-order valence-corrected chi connectivity index (χ1v) is 8.89. The third kappa shape index (κ3) is 3.48. The van der Waals surface area contributed by atoms with Gasteiger partial charge in [-0.15, -0.1) is 11.3 Å². The molecule has 0 spiro atoms. The van der Waals surface area contributed by atoms with Crippen LogP contribution >= 0.6 is 11.3 Å². The van der Waals surface area contributed by atoms with Crippen molar-refractivity contribution in [3.05, 3.63) is 40.6 Å². The zero-order chi connectivity index (χ0) is 16.9. The Balaban J connectivity index is 1.65. The van der Waals surface area contributed by atoms with Gasteiger partial charge in [0.05, 0.1) is 32.5 Å². The van der Waals surface area contributed by atoms with E-state index in [1.54, 1.807) is 31.6 Å². The Morgan fingerprint density at radius 3 is 2.92 bits per heavy atom. The molecule has 2 aromatic rings. The van der Waals surface area contributed by atoms with Gasteiger partial charge in [0, 0.05) is 17.5 Å². The molecule has 1 fully saturated rings. The molecule has 1 N–H and O–H groups in total. The summed E-state index contributed by atoms with van der Waals surface area (Å²) >= 11 is 1.72. The smallest absolute Gasteiger partial charge is 0.242 e. The van der Waals surface area contributed by atoms with Crippen LogP contribution in [-0.4, -0.2) is 38.1 Å². The first-order valence-electron chi connectivity index (χ1n) is 8.01. The molecule has 0 saturated carbocycles. The van der Waals surface area contributed by atoms with Gasteiger partial charge in [0.25, 0.3) is 0 Å². The van der Waals surface area contributed by atoms with Crippen molar-refractivity contribution in [2.45, 2.75) is 18.9 Å². The van der Waals surface area contributed by atoms with E-state index >= 15 is 0 Å². The number of amides is 1. The number of nitrogens with one attached hydrogen (secondary N) is 1. The molecular weight excluding hydrogens is 324 g/mol. The summed E-state index contributed by atoms with van der Waals surface area (Å²) in [6.45, 7) is 1.08. The molecule has 1 aromatic heterocycles. The number of rotatable bonds is 6. The number of carbonyl (C=O) groups excluding carboxylic acids is 1. The van der Waals surface area contributed by atoms with Crippen molar-refractivity contribution >= 4 is 22.9 Å². The molecule has 1 atom stereocenters. The van der Waals surface area contributed by atoms with Crippen LogP contribution in [0.4, 0.5) is 5.69 Å². The Hall–Kier alpha value is -2.21. The fraction of sp³-hybridized carbons (Fsp3) is 0.389. The van der Waals surface area contributed by atoms with Gasteiger partial charge in [-0.05, 0) is 36.4 Å². The number of hydrogen-bond donors (Lipinski definition) is 1. The number of carbonyl (C=O) groups is 1. The van der Waals surface area contributed by atoms with Gasteiger partial charge in [-0.1, -0.05) is 6.07 Å². The van der Waals surface area contributed by atoms with Gasteiger partial charge in [-0.25, -0.2) is 0 Å². The number of nitrogens with zero attached hydrogens (tertiary/aromatic N) is 1. The minimum atomic E-state index is 0.115. The maximum Gasteiger partial charge on any atom is 0.242 e. The average Bonchev–Trinajstić information content (AvgIpc) is 3.30. The van der Waals surface area contributed by atoms with Crippen LogP contribution in [0.1, 0.15) is 23.8 Å². The van der Waals surface area contributed by atoms with E-state index < -0.39 is 0 Å². The zero-order valence-electron chi connectivity index (χ0n) is 14.0. The van der Waals surface area contributed by atoms with Gasteiger partial charge in [0.15, 0.2) is 0 Å². The molecule has 1 aliphatic heterocycles. The van der Waals surface area contributed by atoms with Crippen LogP contribution in [0.25, 0.3) is 0 Å². The molecule has 2 heterocycles. The van der Waals surface area contributed by atoms with E-state index in [9.17, 15) is 4.79 Å². The second kappa shape index (κ2) is 7.57. The summed E-state index contributed by atoms with van der Waals surface area (Å²) < 4.78 is 10.6. The SMILES string of the molecule is COc1ccc(NCC(=O)N2CCCC2c2cccs2)c(OC)c1. The molecule has 1 saturated heterocycles. The van der Waals surface area contributed by atoms with Crippen LogP contribution in [0.15, 0.2) is 35.7 Å². The normalized spacial score (nSPS) is 16.9. The maximum absolute atomic E-state index is 12.6. The van der Waals surface area contributed by atoms with Crippen LogP contribution in [0.3, 0.4) is 0 Å². The fourth-order valence-corrected chi connectivity index (χ4v) is 3.93. The molecule has 24 heavy (non-hydrogen) atoms. The van der Waals surface area contributed by atoms with Gasteiger partial charge in [-0.2, -0.15) is 0 Å². The molecular formula is C18H22N2O3S. The summed E-state index contributed by atoms with van der Waals surface area (Å²) in [6, 6.07) is 9.89. The molecule has 6 heteroatoms. The predicted octanol–water partition coefficient (Wildman–Crippen LogP) is 3.54. The van der Waals surface area contributed by atoms with E-state index in [4.69, 9.17) is 9.47 Å². The van der Waals surface area contributed by atoms with Crippen LogP contribution in [-0.2, 0) is 4.79 Å². The number of thiophene rings is 1. The lowest BCUT2D eigenvalue weighted by atomic mass is 10.2. The van der Waals surface area contributed by atoms with Crippen molar-refractivity contribution in [3.8, 4) is 11.5 Å². The van der Waals surface area contributed by atoms with E-state index in [0.717, 1.165) is 30.8 Å². The molecule has 0 radical (unpaired) electrons. The topological polar surface area (TPSA) is 50.8 Å². The highest BCUT2D eigenvalue weighted by Gasteiger charge is 2.30. The lowest BCUT2D eigenvalue weighted by Crippen LogP contribution is -2.34. The summed E-state index contributed by atoms with van der Waals surface area (Å²) in [5.74, 6) is 1.50. The van der Waals surface area contributed by atoms with Gasteiger partial charge < -0.3 is 19.7 Å². The summed E-state index contributed by atoms with van der Waals surface area (Å²) in [7, 11) is 3.22. The molecule has 1 amide bonds. The second-order valence-electron chi connectivity index (χ2n) is 5.68. The molecule has 1 aromatic carbocycles. The summed E-state index contributed by atoms with van der Waals surface area (Å²) in [5, 5.41) is 5.26. The van der Waals surface area contributed by atoms with Crippen molar-refractivity contribution in [1.29, 1.82) is 0 Å². The van der Waals surface area contributed by atoms with Gasteiger partial charge in [0.1, 0.15) is 11.5 Å². The Morgan fingerprint density at radius 1 is 1.33 bits per heavy atom. The van der Waals surface area contributed by atoms with Crippen molar-refractivity contribution in [3.63, 3.8) is 0 Å². The number of anilines is 1. The quantitative estimate of drug-likeness (QED) is 0.869. The Kier molecular flexibility index (Phi) is 5.25. The predicted molar refractivity (Wildman–Crippen MR) is 96.0 cm³/mol. The molecule has 5 nitrogen and oxygen atoms in total. The minimum absolute atomic E-state index is 0.115. The number of likely N-dealkylation sites (tertiary alicyclic amines) is 1. The molecule has 1 unspecified atom stereocenters. The Labute approximate surface area is 146 Å². The summed E-state index contributed by atoms with van der Waals surface area (Å²) in [4.78, 5) is 15.9. The number of benzene rings is 1.